The van der Waals surface area contributed by atoms with E-state index in [-0.39, 0.29) is 17.5 Å². The fraction of sp³-hybridized carbons (Fsp3) is 0.864. The van der Waals surface area contributed by atoms with Crippen molar-refractivity contribution in [2.45, 2.75) is 117 Å². The maximum atomic E-state index is 11.6. The lowest BCUT2D eigenvalue weighted by atomic mass is 10.1. The summed E-state index contributed by atoms with van der Waals surface area (Å²) in [6.45, 7) is 3.85. The molecule has 0 rings (SSSR count). The number of unbranched alkanes of at least 4 members (excludes halogenated alkanes) is 11. The van der Waals surface area contributed by atoms with Gasteiger partial charge in [0.1, 0.15) is 11.6 Å². The van der Waals surface area contributed by atoms with Gasteiger partial charge in [-0.1, -0.05) is 57.8 Å². The molecule has 0 saturated heterocycles. The lowest BCUT2D eigenvalue weighted by Crippen LogP contribution is -2.05. The smallest absolute Gasteiger partial charge is 0.305 e. The van der Waals surface area contributed by atoms with E-state index < -0.39 is 0 Å². The van der Waals surface area contributed by atoms with Crippen LogP contribution in [0.5, 0.6) is 0 Å². The van der Waals surface area contributed by atoms with Crippen molar-refractivity contribution in [3.63, 3.8) is 0 Å². The summed E-state index contributed by atoms with van der Waals surface area (Å²) in [4.78, 5) is 33.2. The Kier molecular flexibility index (Phi) is 17.7. The highest BCUT2D eigenvalue weighted by Crippen LogP contribution is 2.11. The number of ketones is 2. The fourth-order valence-electron chi connectivity index (χ4n) is 2.97. The summed E-state index contributed by atoms with van der Waals surface area (Å²) in [6, 6.07) is 0. The maximum absolute atomic E-state index is 11.6. The first-order chi connectivity index (χ1) is 12.5. The van der Waals surface area contributed by atoms with E-state index >= 15 is 0 Å². The minimum Gasteiger partial charge on any atom is -0.466 e. The van der Waals surface area contributed by atoms with Crippen LogP contribution in [0.25, 0.3) is 0 Å². The second kappa shape index (κ2) is 18.6. The Morgan fingerprint density at radius 1 is 0.500 bits per heavy atom. The quantitative estimate of drug-likeness (QED) is 0.209. The van der Waals surface area contributed by atoms with Crippen LogP contribution in [-0.4, -0.2) is 24.1 Å². The van der Waals surface area contributed by atoms with E-state index in [9.17, 15) is 14.4 Å². The molecule has 4 heteroatoms. The summed E-state index contributed by atoms with van der Waals surface area (Å²) in [7, 11) is 0. The Balaban J connectivity index is 3.20. The summed E-state index contributed by atoms with van der Waals surface area (Å²) in [5.74, 6) is 0.500. The van der Waals surface area contributed by atoms with Crippen LogP contribution in [0.15, 0.2) is 0 Å². The fourth-order valence-corrected chi connectivity index (χ4v) is 2.97. The minimum absolute atomic E-state index is 0.0641. The second-order valence-corrected chi connectivity index (χ2v) is 7.47. The van der Waals surface area contributed by atoms with Crippen LogP contribution >= 0.6 is 0 Å². The van der Waals surface area contributed by atoms with Gasteiger partial charge in [-0.2, -0.15) is 0 Å². The molecule has 152 valence electrons. The van der Waals surface area contributed by atoms with Crippen molar-refractivity contribution >= 4 is 17.5 Å². The van der Waals surface area contributed by atoms with Crippen LogP contribution in [0.4, 0.5) is 0 Å². The molecule has 0 aliphatic carbocycles. The molecule has 0 aliphatic rings. The summed E-state index contributed by atoms with van der Waals surface area (Å²) in [5.41, 5.74) is 0. The third-order valence-electron chi connectivity index (χ3n) is 4.60. The number of ether oxygens (including phenoxy) is 1. The Morgan fingerprint density at radius 3 is 1.27 bits per heavy atom. The third-order valence-corrected chi connectivity index (χ3v) is 4.60. The molecule has 0 spiro atoms. The van der Waals surface area contributed by atoms with Crippen molar-refractivity contribution in [3.05, 3.63) is 0 Å². The van der Waals surface area contributed by atoms with Gasteiger partial charge in [0.05, 0.1) is 6.61 Å². The first kappa shape index (κ1) is 24.8. The van der Waals surface area contributed by atoms with Crippen LogP contribution in [0.2, 0.25) is 0 Å². The molecular formula is C22H40O4. The number of hydrogen-bond acceptors (Lipinski definition) is 4. The molecule has 0 atom stereocenters. The molecule has 0 aromatic heterocycles. The van der Waals surface area contributed by atoms with Crippen LogP contribution in [0, 0.1) is 0 Å². The highest BCUT2D eigenvalue weighted by molar-refractivity contribution is 5.75. The monoisotopic (exact) mass is 368 g/mol. The summed E-state index contributed by atoms with van der Waals surface area (Å²) in [5, 5.41) is 0. The Bertz CT molecular complexity index is 376. The Morgan fingerprint density at radius 2 is 0.846 bits per heavy atom. The first-order valence-corrected chi connectivity index (χ1v) is 10.7. The van der Waals surface area contributed by atoms with Gasteiger partial charge in [-0.15, -0.1) is 0 Å². The predicted octanol–water partition coefficient (Wildman–Crippen LogP) is 5.95. The molecule has 0 N–H and O–H groups in total. The largest absolute Gasteiger partial charge is 0.466 e. The van der Waals surface area contributed by atoms with E-state index in [0.29, 0.717) is 19.4 Å². The van der Waals surface area contributed by atoms with Crippen LogP contribution in [0.1, 0.15) is 117 Å². The number of Topliss-reactive ketones (excluding diaryl/α,β-unsaturated/α-hetero) is 2. The number of esters is 1. The molecule has 0 heterocycles. The molecule has 0 aromatic carbocycles. The summed E-state index contributed by atoms with van der Waals surface area (Å²) >= 11 is 0. The molecular weight excluding hydrogens is 328 g/mol. The van der Waals surface area contributed by atoms with Crippen LogP contribution < -0.4 is 0 Å². The van der Waals surface area contributed by atoms with Crippen molar-refractivity contribution < 1.29 is 19.1 Å². The van der Waals surface area contributed by atoms with Gasteiger partial charge in [0.25, 0.3) is 0 Å². The standard InChI is InChI=1S/C22H40O4/c1-20(23)16-12-8-4-3-7-11-15-19-26-22(25)18-14-10-6-5-9-13-17-21(2)24/h3-19H2,1-2H3. The van der Waals surface area contributed by atoms with E-state index in [1.807, 2.05) is 0 Å². The third kappa shape index (κ3) is 20.9. The molecule has 0 unspecified atom stereocenters. The summed E-state index contributed by atoms with van der Waals surface area (Å²) in [6.07, 6.45) is 16.1. The van der Waals surface area contributed by atoms with Gasteiger partial charge in [-0.3, -0.25) is 4.79 Å². The van der Waals surface area contributed by atoms with E-state index in [1.54, 1.807) is 13.8 Å². The number of carbonyl (C=O) groups is 3. The Labute approximate surface area is 160 Å². The zero-order valence-electron chi connectivity index (χ0n) is 17.2. The van der Waals surface area contributed by atoms with Gasteiger partial charge in [-0.05, 0) is 39.5 Å². The molecule has 0 bridgehead atoms. The van der Waals surface area contributed by atoms with Gasteiger partial charge in [-0.25, -0.2) is 0 Å². The normalized spacial score (nSPS) is 10.7. The Hall–Kier alpha value is -1.19. The molecule has 0 fully saturated rings. The van der Waals surface area contributed by atoms with Crippen molar-refractivity contribution in [2.75, 3.05) is 6.61 Å². The lowest BCUT2D eigenvalue weighted by molar-refractivity contribution is -0.144. The zero-order chi connectivity index (χ0) is 19.5. The topological polar surface area (TPSA) is 60.4 Å². The SMILES string of the molecule is CC(=O)CCCCCCCCCOC(=O)CCCCCCCCC(C)=O. The molecule has 0 amide bonds. The second-order valence-electron chi connectivity index (χ2n) is 7.47. The molecule has 0 saturated carbocycles. The molecule has 0 aliphatic heterocycles. The van der Waals surface area contributed by atoms with Crippen LogP contribution in [0.3, 0.4) is 0 Å². The molecule has 0 aromatic rings. The highest BCUT2D eigenvalue weighted by atomic mass is 16.5. The van der Waals surface area contributed by atoms with Crippen molar-refractivity contribution in [1.82, 2.24) is 0 Å². The van der Waals surface area contributed by atoms with E-state index in [1.165, 1.54) is 19.3 Å². The van der Waals surface area contributed by atoms with E-state index in [4.69, 9.17) is 4.74 Å². The van der Waals surface area contributed by atoms with Gasteiger partial charge >= 0.3 is 5.97 Å². The maximum Gasteiger partial charge on any atom is 0.305 e. The number of rotatable bonds is 19. The summed E-state index contributed by atoms with van der Waals surface area (Å²) < 4.78 is 5.27. The highest BCUT2D eigenvalue weighted by Gasteiger charge is 2.02. The minimum atomic E-state index is -0.0641. The molecule has 0 radical (unpaired) electrons. The van der Waals surface area contributed by atoms with Crippen molar-refractivity contribution in [2.24, 2.45) is 0 Å². The van der Waals surface area contributed by atoms with E-state index in [0.717, 1.165) is 70.6 Å². The number of carbonyl (C=O) groups excluding carboxylic acids is 3. The van der Waals surface area contributed by atoms with Gasteiger partial charge in [0.15, 0.2) is 0 Å². The zero-order valence-corrected chi connectivity index (χ0v) is 17.2. The van der Waals surface area contributed by atoms with Gasteiger partial charge < -0.3 is 14.3 Å². The van der Waals surface area contributed by atoms with Crippen molar-refractivity contribution in [3.8, 4) is 0 Å². The molecule has 4 nitrogen and oxygen atoms in total. The predicted molar refractivity (Wildman–Crippen MR) is 106 cm³/mol. The lowest BCUT2D eigenvalue weighted by Gasteiger charge is -2.05. The van der Waals surface area contributed by atoms with Gasteiger partial charge in [0, 0.05) is 19.3 Å². The van der Waals surface area contributed by atoms with E-state index in [2.05, 4.69) is 0 Å². The average Bonchev–Trinajstić information content (AvgIpc) is 2.58. The van der Waals surface area contributed by atoms with Gasteiger partial charge in [0.2, 0.25) is 0 Å². The van der Waals surface area contributed by atoms with Crippen LogP contribution in [-0.2, 0) is 19.1 Å². The molecule has 26 heavy (non-hydrogen) atoms. The van der Waals surface area contributed by atoms with Crippen molar-refractivity contribution in [1.29, 1.82) is 0 Å². The first-order valence-electron chi connectivity index (χ1n) is 10.7. The number of hydrogen-bond donors (Lipinski definition) is 0. The average molecular weight is 369 g/mol.